The average Bonchev–Trinajstić information content (AvgIpc) is 2.77. The number of anilines is 1. The molecule has 1 aromatic rings. The van der Waals surface area contributed by atoms with Crippen LogP contribution < -0.4 is 10.6 Å². The van der Waals surface area contributed by atoms with Gasteiger partial charge in [0.2, 0.25) is 5.91 Å². The number of nitrogens with one attached hydrogen (secondary N) is 2. The highest BCUT2D eigenvalue weighted by Gasteiger charge is 2.39. The molecular formula is C16H22N2O2. The SMILES string of the molecule is CC1OCCC1(C)NC(=O)C1CNc2ccccc2C1. The van der Waals surface area contributed by atoms with E-state index in [2.05, 4.69) is 29.7 Å². The zero-order valence-electron chi connectivity index (χ0n) is 12.1. The fourth-order valence-corrected chi connectivity index (χ4v) is 3.01. The van der Waals surface area contributed by atoms with Crippen LogP contribution in [-0.2, 0) is 16.0 Å². The maximum Gasteiger partial charge on any atom is 0.225 e. The molecule has 108 valence electrons. The predicted molar refractivity (Wildman–Crippen MR) is 78.7 cm³/mol. The van der Waals surface area contributed by atoms with Gasteiger partial charge in [0.05, 0.1) is 17.6 Å². The fourth-order valence-electron chi connectivity index (χ4n) is 3.01. The molecule has 4 heteroatoms. The first-order valence-electron chi connectivity index (χ1n) is 7.34. The number of carbonyl (C=O) groups is 1. The van der Waals surface area contributed by atoms with Crippen LogP contribution in [0.3, 0.4) is 0 Å². The molecule has 3 unspecified atom stereocenters. The average molecular weight is 274 g/mol. The molecule has 1 saturated heterocycles. The van der Waals surface area contributed by atoms with E-state index in [1.165, 1.54) is 5.56 Å². The zero-order valence-corrected chi connectivity index (χ0v) is 12.1. The van der Waals surface area contributed by atoms with E-state index in [4.69, 9.17) is 4.74 Å². The number of hydrogen-bond acceptors (Lipinski definition) is 3. The second-order valence-electron chi connectivity index (χ2n) is 6.11. The van der Waals surface area contributed by atoms with Crippen LogP contribution in [0, 0.1) is 5.92 Å². The van der Waals surface area contributed by atoms with Gasteiger partial charge in [-0.1, -0.05) is 18.2 Å². The van der Waals surface area contributed by atoms with Gasteiger partial charge in [-0.25, -0.2) is 0 Å². The van der Waals surface area contributed by atoms with Crippen LogP contribution in [0.1, 0.15) is 25.8 Å². The Labute approximate surface area is 119 Å². The number of amides is 1. The third-order valence-electron chi connectivity index (χ3n) is 4.69. The van der Waals surface area contributed by atoms with Crippen LogP contribution >= 0.6 is 0 Å². The summed E-state index contributed by atoms with van der Waals surface area (Å²) in [4.78, 5) is 12.5. The largest absolute Gasteiger partial charge is 0.384 e. The molecule has 3 rings (SSSR count). The van der Waals surface area contributed by atoms with Crippen molar-refractivity contribution >= 4 is 11.6 Å². The van der Waals surface area contributed by atoms with Crippen molar-refractivity contribution in [2.75, 3.05) is 18.5 Å². The van der Waals surface area contributed by atoms with Crippen LogP contribution in [0.15, 0.2) is 24.3 Å². The minimum absolute atomic E-state index is 0.00507. The number of ether oxygens (including phenoxy) is 1. The molecular weight excluding hydrogens is 252 g/mol. The van der Waals surface area contributed by atoms with Gasteiger partial charge in [-0.2, -0.15) is 0 Å². The third kappa shape index (κ3) is 2.40. The van der Waals surface area contributed by atoms with Crippen LogP contribution in [0.25, 0.3) is 0 Å². The normalized spacial score (nSPS) is 32.3. The number of hydrogen-bond donors (Lipinski definition) is 2. The molecule has 0 aliphatic carbocycles. The van der Waals surface area contributed by atoms with Crippen LogP contribution in [0.2, 0.25) is 0 Å². The number of para-hydroxylation sites is 1. The monoisotopic (exact) mass is 274 g/mol. The van der Waals surface area contributed by atoms with E-state index in [9.17, 15) is 4.79 Å². The van der Waals surface area contributed by atoms with Gasteiger partial charge in [0.15, 0.2) is 0 Å². The lowest BCUT2D eigenvalue weighted by Crippen LogP contribution is -2.53. The van der Waals surface area contributed by atoms with E-state index < -0.39 is 0 Å². The topological polar surface area (TPSA) is 50.4 Å². The highest BCUT2D eigenvalue weighted by atomic mass is 16.5. The first-order chi connectivity index (χ1) is 9.58. The van der Waals surface area contributed by atoms with Crippen molar-refractivity contribution in [2.45, 2.75) is 38.3 Å². The Morgan fingerprint density at radius 3 is 3.00 bits per heavy atom. The molecule has 0 radical (unpaired) electrons. The van der Waals surface area contributed by atoms with Gasteiger partial charge in [-0.3, -0.25) is 4.79 Å². The Kier molecular flexibility index (Phi) is 3.42. The summed E-state index contributed by atoms with van der Waals surface area (Å²) in [6.45, 7) is 5.53. The van der Waals surface area contributed by atoms with Crippen molar-refractivity contribution in [1.29, 1.82) is 0 Å². The zero-order chi connectivity index (χ0) is 14.2. The molecule has 1 fully saturated rings. The molecule has 0 saturated carbocycles. The van der Waals surface area contributed by atoms with E-state index in [1.54, 1.807) is 0 Å². The molecule has 2 N–H and O–H groups in total. The van der Waals surface area contributed by atoms with E-state index in [-0.39, 0.29) is 23.5 Å². The number of fused-ring (bicyclic) bond motifs is 1. The lowest BCUT2D eigenvalue weighted by atomic mass is 9.90. The lowest BCUT2D eigenvalue weighted by Gasteiger charge is -2.32. The molecule has 0 bridgehead atoms. The Hall–Kier alpha value is -1.55. The summed E-state index contributed by atoms with van der Waals surface area (Å²) in [6, 6.07) is 8.20. The maximum absolute atomic E-state index is 12.5. The van der Waals surface area contributed by atoms with E-state index in [0.29, 0.717) is 6.54 Å². The summed E-state index contributed by atoms with van der Waals surface area (Å²) in [5.74, 6) is 0.126. The van der Waals surface area contributed by atoms with Crippen LogP contribution in [0.5, 0.6) is 0 Å². The Balaban J connectivity index is 1.67. The van der Waals surface area contributed by atoms with Crippen molar-refractivity contribution in [3.8, 4) is 0 Å². The first-order valence-corrected chi connectivity index (χ1v) is 7.34. The minimum Gasteiger partial charge on any atom is -0.384 e. The second-order valence-corrected chi connectivity index (χ2v) is 6.11. The summed E-state index contributed by atoms with van der Waals surface area (Å²) in [6.07, 6.45) is 1.77. The third-order valence-corrected chi connectivity index (χ3v) is 4.69. The van der Waals surface area contributed by atoms with Crippen molar-refractivity contribution in [3.63, 3.8) is 0 Å². The van der Waals surface area contributed by atoms with Gasteiger partial charge in [0.25, 0.3) is 0 Å². The molecule has 2 aliphatic rings. The van der Waals surface area contributed by atoms with Crippen molar-refractivity contribution in [1.82, 2.24) is 5.32 Å². The molecule has 0 aromatic heterocycles. The van der Waals surface area contributed by atoms with Gasteiger partial charge in [-0.15, -0.1) is 0 Å². The number of carbonyl (C=O) groups excluding carboxylic acids is 1. The summed E-state index contributed by atoms with van der Waals surface area (Å²) in [5.41, 5.74) is 2.15. The molecule has 1 aromatic carbocycles. The standard InChI is InChI=1S/C16H22N2O2/c1-11-16(2,7-8-20-11)18-15(19)13-9-12-5-3-4-6-14(12)17-10-13/h3-6,11,13,17H,7-10H2,1-2H3,(H,18,19). The smallest absolute Gasteiger partial charge is 0.225 e. The van der Waals surface area contributed by atoms with E-state index in [1.807, 2.05) is 19.1 Å². The highest BCUT2D eigenvalue weighted by molar-refractivity contribution is 5.81. The Bertz CT molecular complexity index is 517. The molecule has 4 nitrogen and oxygen atoms in total. The van der Waals surface area contributed by atoms with E-state index in [0.717, 1.165) is 25.1 Å². The van der Waals surface area contributed by atoms with Gasteiger partial charge in [0.1, 0.15) is 0 Å². The molecule has 2 heterocycles. The second kappa shape index (κ2) is 5.09. The van der Waals surface area contributed by atoms with Crippen molar-refractivity contribution < 1.29 is 9.53 Å². The summed E-state index contributed by atoms with van der Waals surface area (Å²) >= 11 is 0. The number of rotatable bonds is 2. The first kappa shape index (κ1) is 13.4. The quantitative estimate of drug-likeness (QED) is 0.866. The molecule has 0 spiro atoms. The molecule has 2 aliphatic heterocycles. The minimum atomic E-state index is -0.228. The van der Waals surface area contributed by atoms with Gasteiger partial charge in [0, 0.05) is 18.8 Å². The summed E-state index contributed by atoms with van der Waals surface area (Å²) < 4.78 is 5.58. The Morgan fingerprint density at radius 2 is 2.25 bits per heavy atom. The van der Waals surface area contributed by atoms with Gasteiger partial charge >= 0.3 is 0 Å². The molecule has 20 heavy (non-hydrogen) atoms. The van der Waals surface area contributed by atoms with Gasteiger partial charge in [-0.05, 0) is 38.3 Å². The highest BCUT2D eigenvalue weighted by Crippen LogP contribution is 2.28. The molecule has 1 amide bonds. The van der Waals surface area contributed by atoms with Gasteiger partial charge < -0.3 is 15.4 Å². The van der Waals surface area contributed by atoms with Crippen molar-refractivity contribution in [2.24, 2.45) is 5.92 Å². The van der Waals surface area contributed by atoms with Crippen molar-refractivity contribution in [3.05, 3.63) is 29.8 Å². The fraction of sp³-hybridized carbons (Fsp3) is 0.562. The number of benzene rings is 1. The maximum atomic E-state index is 12.5. The summed E-state index contributed by atoms with van der Waals surface area (Å²) in [7, 11) is 0. The molecule has 3 atom stereocenters. The van der Waals surface area contributed by atoms with Crippen LogP contribution in [-0.4, -0.2) is 30.7 Å². The lowest BCUT2D eigenvalue weighted by molar-refractivity contribution is -0.127. The van der Waals surface area contributed by atoms with E-state index >= 15 is 0 Å². The van der Waals surface area contributed by atoms with Crippen LogP contribution in [0.4, 0.5) is 5.69 Å². The predicted octanol–water partition coefficient (Wildman–Crippen LogP) is 1.95. The summed E-state index contributed by atoms with van der Waals surface area (Å²) in [5, 5.41) is 6.55. The Morgan fingerprint density at radius 1 is 1.45 bits per heavy atom.